The SMILES string of the molecule is C[C@@H](C=O)CC[C@@H]1C[C@@H](CO[Si](c2ccccc2)(c2ccccc2)C(C)(C)C)OC(C)(C)O1. The van der Waals surface area contributed by atoms with Crippen molar-refractivity contribution >= 4 is 25.0 Å². The molecule has 5 heteroatoms. The third kappa shape index (κ3) is 6.21. The molecule has 2 aromatic carbocycles. The summed E-state index contributed by atoms with van der Waals surface area (Å²) < 4.78 is 19.6. The first-order valence-corrected chi connectivity index (χ1v) is 14.0. The fourth-order valence-corrected chi connectivity index (χ4v) is 9.59. The molecule has 1 heterocycles. The zero-order valence-electron chi connectivity index (χ0n) is 21.0. The first kappa shape index (κ1) is 25.8. The van der Waals surface area contributed by atoms with Gasteiger partial charge in [0, 0.05) is 12.3 Å². The van der Waals surface area contributed by atoms with Crippen LogP contribution in [0.3, 0.4) is 0 Å². The highest BCUT2D eigenvalue weighted by molar-refractivity contribution is 6.99. The van der Waals surface area contributed by atoms with Crippen LogP contribution in [0.15, 0.2) is 60.7 Å². The highest BCUT2D eigenvalue weighted by Gasteiger charge is 2.51. The van der Waals surface area contributed by atoms with Gasteiger partial charge in [-0.15, -0.1) is 0 Å². The lowest BCUT2D eigenvalue weighted by atomic mass is 9.99. The first-order valence-electron chi connectivity index (χ1n) is 12.1. The van der Waals surface area contributed by atoms with Gasteiger partial charge < -0.3 is 18.7 Å². The molecule has 0 N–H and O–H groups in total. The fourth-order valence-electron chi connectivity index (χ4n) is 5.00. The Balaban J connectivity index is 1.88. The van der Waals surface area contributed by atoms with Crippen LogP contribution in [0.25, 0.3) is 0 Å². The van der Waals surface area contributed by atoms with Crippen molar-refractivity contribution in [1.29, 1.82) is 0 Å². The first-order chi connectivity index (χ1) is 15.6. The summed E-state index contributed by atoms with van der Waals surface area (Å²) in [7, 11) is -2.61. The van der Waals surface area contributed by atoms with Crippen molar-refractivity contribution in [3.05, 3.63) is 60.7 Å². The van der Waals surface area contributed by atoms with Crippen LogP contribution >= 0.6 is 0 Å². The van der Waals surface area contributed by atoms with Crippen molar-refractivity contribution < 1.29 is 18.7 Å². The molecule has 0 saturated carbocycles. The molecule has 0 aliphatic carbocycles. The molecule has 0 radical (unpaired) electrons. The molecular formula is C28H40O4Si. The number of aldehydes is 1. The molecule has 0 unspecified atom stereocenters. The molecule has 1 aliphatic heterocycles. The van der Waals surface area contributed by atoms with Gasteiger partial charge in [0.1, 0.15) is 6.29 Å². The van der Waals surface area contributed by atoms with Gasteiger partial charge in [0.05, 0.1) is 18.8 Å². The Labute approximate surface area is 200 Å². The maximum absolute atomic E-state index is 11.1. The Bertz CT molecular complexity index is 836. The molecule has 1 aliphatic rings. The van der Waals surface area contributed by atoms with Gasteiger partial charge >= 0.3 is 0 Å². The van der Waals surface area contributed by atoms with Crippen molar-refractivity contribution in [3.8, 4) is 0 Å². The van der Waals surface area contributed by atoms with Crippen molar-refractivity contribution in [1.82, 2.24) is 0 Å². The summed E-state index contributed by atoms with van der Waals surface area (Å²) in [4.78, 5) is 11.1. The minimum absolute atomic E-state index is 0.0476. The van der Waals surface area contributed by atoms with Crippen LogP contribution in [-0.4, -0.2) is 39.2 Å². The molecule has 0 bridgehead atoms. The Morgan fingerprint density at radius 2 is 1.52 bits per heavy atom. The van der Waals surface area contributed by atoms with Crippen LogP contribution in [0, 0.1) is 5.92 Å². The number of benzene rings is 2. The fraction of sp³-hybridized carbons (Fsp3) is 0.536. The van der Waals surface area contributed by atoms with Crippen molar-refractivity contribution in [2.45, 2.75) is 83.8 Å². The van der Waals surface area contributed by atoms with E-state index in [1.165, 1.54) is 10.4 Å². The highest BCUT2D eigenvalue weighted by atomic mass is 28.4. The second kappa shape index (κ2) is 10.6. The molecule has 1 fully saturated rings. The summed E-state index contributed by atoms with van der Waals surface area (Å²) in [5, 5.41) is 2.47. The number of ether oxygens (including phenoxy) is 2. The molecule has 3 rings (SSSR count). The van der Waals surface area contributed by atoms with E-state index in [-0.39, 0.29) is 23.2 Å². The van der Waals surface area contributed by atoms with E-state index in [2.05, 4.69) is 81.4 Å². The van der Waals surface area contributed by atoms with Gasteiger partial charge in [-0.1, -0.05) is 88.4 Å². The lowest BCUT2D eigenvalue weighted by molar-refractivity contribution is -0.304. The summed E-state index contributed by atoms with van der Waals surface area (Å²) in [5.41, 5.74) is 0. The van der Waals surface area contributed by atoms with Gasteiger partial charge in [0.2, 0.25) is 0 Å². The van der Waals surface area contributed by atoms with E-state index in [4.69, 9.17) is 13.9 Å². The smallest absolute Gasteiger partial charge is 0.261 e. The number of carbonyl (C=O) groups is 1. The summed E-state index contributed by atoms with van der Waals surface area (Å²) in [6.07, 6.45) is 3.46. The molecule has 3 atom stereocenters. The van der Waals surface area contributed by atoms with Crippen LogP contribution in [0.2, 0.25) is 5.04 Å². The van der Waals surface area contributed by atoms with Crippen LogP contribution in [0.1, 0.15) is 60.8 Å². The molecule has 4 nitrogen and oxygen atoms in total. The standard InChI is InChI=1S/C28H40O4Si/c1-22(20-29)17-18-23-19-24(32-28(5,6)31-23)21-30-33(27(2,3)4,25-13-9-7-10-14-25)26-15-11-8-12-16-26/h7-16,20,22-24H,17-19,21H2,1-6H3/t22-,23-,24+/m1/s1. The van der Waals surface area contributed by atoms with E-state index in [9.17, 15) is 4.79 Å². The summed E-state index contributed by atoms with van der Waals surface area (Å²) in [5.74, 6) is -0.626. The third-order valence-electron chi connectivity index (χ3n) is 6.51. The minimum Gasteiger partial charge on any atom is -0.405 e. The Morgan fingerprint density at radius 3 is 2.00 bits per heavy atom. The van der Waals surface area contributed by atoms with Crippen molar-refractivity contribution in [2.75, 3.05) is 6.61 Å². The maximum Gasteiger partial charge on any atom is 0.261 e. The monoisotopic (exact) mass is 468 g/mol. The molecule has 1 saturated heterocycles. The molecular weight excluding hydrogens is 428 g/mol. The Kier molecular flexibility index (Phi) is 8.33. The number of hydrogen-bond acceptors (Lipinski definition) is 4. The topological polar surface area (TPSA) is 44.8 Å². The molecule has 0 amide bonds. The van der Waals surface area contributed by atoms with Crippen LogP contribution in [-0.2, 0) is 18.7 Å². The summed E-state index contributed by atoms with van der Waals surface area (Å²) >= 11 is 0. The highest BCUT2D eigenvalue weighted by Crippen LogP contribution is 2.38. The third-order valence-corrected chi connectivity index (χ3v) is 11.5. The average molecular weight is 469 g/mol. The number of rotatable bonds is 9. The van der Waals surface area contributed by atoms with Gasteiger partial charge in [-0.05, 0) is 42.1 Å². The van der Waals surface area contributed by atoms with Crippen LogP contribution < -0.4 is 10.4 Å². The Morgan fingerprint density at radius 1 is 1.00 bits per heavy atom. The second-order valence-corrected chi connectivity index (χ2v) is 15.1. The zero-order valence-corrected chi connectivity index (χ0v) is 22.0. The minimum atomic E-state index is -2.61. The molecule has 0 aromatic heterocycles. The Hall–Kier alpha value is -1.79. The van der Waals surface area contributed by atoms with E-state index in [0.717, 1.165) is 25.5 Å². The van der Waals surface area contributed by atoms with E-state index in [0.29, 0.717) is 6.61 Å². The lowest BCUT2D eigenvalue weighted by Crippen LogP contribution is -2.67. The van der Waals surface area contributed by atoms with E-state index in [1.807, 2.05) is 20.8 Å². The predicted octanol–water partition coefficient (Wildman–Crippen LogP) is 5.09. The predicted molar refractivity (Wildman–Crippen MR) is 136 cm³/mol. The van der Waals surface area contributed by atoms with Gasteiger partial charge in [-0.2, -0.15) is 0 Å². The van der Waals surface area contributed by atoms with Gasteiger partial charge in [0.15, 0.2) is 5.79 Å². The van der Waals surface area contributed by atoms with Crippen molar-refractivity contribution in [2.24, 2.45) is 5.92 Å². The largest absolute Gasteiger partial charge is 0.405 e. The normalized spacial score (nSPS) is 22.0. The molecule has 2 aromatic rings. The summed E-state index contributed by atoms with van der Waals surface area (Å²) in [6.45, 7) is 13.3. The molecule has 0 spiro atoms. The zero-order chi connectivity index (χ0) is 24.1. The summed E-state index contributed by atoms with van der Waals surface area (Å²) in [6, 6.07) is 21.4. The maximum atomic E-state index is 11.1. The van der Waals surface area contributed by atoms with E-state index >= 15 is 0 Å². The van der Waals surface area contributed by atoms with Gasteiger partial charge in [-0.25, -0.2) is 0 Å². The molecule has 33 heavy (non-hydrogen) atoms. The van der Waals surface area contributed by atoms with E-state index < -0.39 is 14.1 Å². The number of carbonyl (C=O) groups excluding carboxylic acids is 1. The van der Waals surface area contributed by atoms with Gasteiger partial charge in [0.25, 0.3) is 8.32 Å². The lowest BCUT2D eigenvalue weighted by Gasteiger charge is -2.46. The van der Waals surface area contributed by atoms with Crippen LogP contribution in [0.4, 0.5) is 0 Å². The average Bonchev–Trinajstić information content (AvgIpc) is 2.77. The van der Waals surface area contributed by atoms with Crippen LogP contribution in [0.5, 0.6) is 0 Å². The number of hydrogen-bond donors (Lipinski definition) is 0. The van der Waals surface area contributed by atoms with E-state index in [1.54, 1.807) is 0 Å². The molecule has 180 valence electrons. The second-order valence-electron chi connectivity index (χ2n) is 10.8. The van der Waals surface area contributed by atoms with Gasteiger partial charge in [-0.3, -0.25) is 0 Å². The quantitative estimate of drug-likeness (QED) is 0.380. The van der Waals surface area contributed by atoms with Crippen molar-refractivity contribution in [3.63, 3.8) is 0 Å².